The highest BCUT2D eigenvalue weighted by Gasteiger charge is 2.29. The fourth-order valence-electron chi connectivity index (χ4n) is 2.21. The molecular weight excluding hydrogens is 268 g/mol. The first-order chi connectivity index (χ1) is 9.02. The highest BCUT2D eigenvalue weighted by atomic mass is 35.5. The maximum atomic E-state index is 12.4. The lowest BCUT2D eigenvalue weighted by atomic mass is 10.1. The number of nitrogens with zero attached hydrogens (tertiary/aromatic N) is 1. The molecule has 3 N–H and O–H groups in total. The number of anilines is 1. The van der Waals surface area contributed by atoms with E-state index >= 15 is 0 Å². The van der Waals surface area contributed by atoms with Crippen molar-refractivity contribution in [3.05, 3.63) is 28.8 Å². The first kappa shape index (κ1) is 14.1. The van der Waals surface area contributed by atoms with E-state index in [1.54, 1.807) is 23.1 Å². The van der Waals surface area contributed by atoms with Gasteiger partial charge in [0.15, 0.2) is 0 Å². The SMILES string of the molecule is CC1CN(C(=O)c2cccc(Cl)c2N)CC(CO)O1. The Morgan fingerprint density at radius 2 is 2.32 bits per heavy atom. The molecule has 0 spiro atoms. The van der Waals surface area contributed by atoms with E-state index in [2.05, 4.69) is 0 Å². The summed E-state index contributed by atoms with van der Waals surface area (Å²) in [4.78, 5) is 14.1. The largest absolute Gasteiger partial charge is 0.397 e. The molecule has 1 aromatic carbocycles. The van der Waals surface area contributed by atoms with Crippen molar-refractivity contribution in [1.82, 2.24) is 4.90 Å². The van der Waals surface area contributed by atoms with Crippen molar-refractivity contribution in [2.45, 2.75) is 19.1 Å². The van der Waals surface area contributed by atoms with Crippen LogP contribution in [0.4, 0.5) is 5.69 Å². The van der Waals surface area contributed by atoms with Gasteiger partial charge in [0, 0.05) is 13.1 Å². The third-order valence-electron chi connectivity index (χ3n) is 3.10. The number of rotatable bonds is 2. The van der Waals surface area contributed by atoms with Gasteiger partial charge < -0.3 is 20.5 Å². The van der Waals surface area contributed by atoms with Crippen LogP contribution in [0.3, 0.4) is 0 Å². The molecular formula is C13H17ClN2O3. The van der Waals surface area contributed by atoms with Gasteiger partial charge in [0.05, 0.1) is 35.1 Å². The molecule has 0 aromatic heterocycles. The van der Waals surface area contributed by atoms with Crippen molar-refractivity contribution in [3.63, 3.8) is 0 Å². The number of para-hydroxylation sites is 1. The monoisotopic (exact) mass is 284 g/mol. The van der Waals surface area contributed by atoms with Crippen molar-refractivity contribution < 1.29 is 14.6 Å². The Morgan fingerprint density at radius 3 is 3.00 bits per heavy atom. The molecule has 0 saturated carbocycles. The number of benzene rings is 1. The second kappa shape index (κ2) is 5.77. The number of carbonyl (C=O) groups is 1. The van der Waals surface area contributed by atoms with Crippen molar-refractivity contribution in [2.75, 3.05) is 25.4 Å². The Morgan fingerprint density at radius 1 is 1.58 bits per heavy atom. The minimum atomic E-state index is -0.354. The van der Waals surface area contributed by atoms with Crippen LogP contribution in [0.15, 0.2) is 18.2 Å². The number of nitrogen functional groups attached to an aromatic ring is 1. The minimum absolute atomic E-state index is 0.112. The second-order valence-electron chi connectivity index (χ2n) is 4.66. The van der Waals surface area contributed by atoms with Crippen LogP contribution in [-0.2, 0) is 4.74 Å². The summed E-state index contributed by atoms with van der Waals surface area (Å²) < 4.78 is 5.50. The summed E-state index contributed by atoms with van der Waals surface area (Å²) in [5, 5.41) is 9.54. The fraction of sp³-hybridized carbons (Fsp3) is 0.462. The van der Waals surface area contributed by atoms with Crippen LogP contribution in [0, 0.1) is 0 Å². The second-order valence-corrected chi connectivity index (χ2v) is 5.07. The maximum absolute atomic E-state index is 12.4. The number of aliphatic hydroxyl groups excluding tert-OH is 1. The standard InChI is InChI=1S/C13H17ClN2O3/c1-8-5-16(6-9(7-17)19-8)13(18)10-3-2-4-11(14)12(10)15/h2-4,8-9,17H,5-7,15H2,1H3. The lowest BCUT2D eigenvalue weighted by Crippen LogP contribution is -2.50. The Bertz CT molecular complexity index is 481. The fourth-order valence-corrected chi connectivity index (χ4v) is 2.38. The molecule has 2 rings (SSSR count). The van der Waals surface area contributed by atoms with E-state index < -0.39 is 0 Å². The molecule has 1 amide bonds. The number of hydrogen-bond donors (Lipinski definition) is 2. The Hall–Kier alpha value is -1.30. The highest BCUT2D eigenvalue weighted by Crippen LogP contribution is 2.24. The molecule has 0 aliphatic carbocycles. The number of aliphatic hydroxyl groups is 1. The van der Waals surface area contributed by atoms with E-state index in [-0.39, 0.29) is 30.4 Å². The number of halogens is 1. The number of carbonyl (C=O) groups excluding carboxylic acids is 1. The Balaban J connectivity index is 2.21. The molecule has 2 atom stereocenters. The van der Waals surface area contributed by atoms with Gasteiger partial charge in [-0.2, -0.15) is 0 Å². The Kier molecular flexibility index (Phi) is 4.29. The van der Waals surface area contributed by atoms with Gasteiger partial charge in [0.25, 0.3) is 5.91 Å². The average molecular weight is 285 g/mol. The van der Waals surface area contributed by atoms with E-state index in [4.69, 9.17) is 27.2 Å². The van der Waals surface area contributed by atoms with Gasteiger partial charge >= 0.3 is 0 Å². The Labute approximate surface area is 116 Å². The molecule has 1 heterocycles. The molecule has 1 fully saturated rings. The zero-order valence-electron chi connectivity index (χ0n) is 10.7. The first-order valence-corrected chi connectivity index (χ1v) is 6.50. The average Bonchev–Trinajstić information content (AvgIpc) is 2.40. The maximum Gasteiger partial charge on any atom is 0.256 e. The van der Waals surface area contributed by atoms with Crippen molar-refractivity contribution in [1.29, 1.82) is 0 Å². The lowest BCUT2D eigenvalue weighted by Gasteiger charge is -2.36. The molecule has 5 nitrogen and oxygen atoms in total. The summed E-state index contributed by atoms with van der Waals surface area (Å²) in [7, 11) is 0. The summed E-state index contributed by atoms with van der Waals surface area (Å²) >= 11 is 5.92. The zero-order valence-corrected chi connectivity index (χ0v) is 11.4. The smallest absolute Gasteiger partial charge is 0.256 e. The molecule has 1 aliphatic heterocycles. The molecule has 19 heavy (non-hydrogen) atoms. The van der Waals surface area contributed by atoms with Crippen LogP contribution in [0.2, 0.25) is 5.02 Å². The molecule has 1 aliphatic rings. The van der Waals surface area contributed by atoms with Crippen LogP contribution in [0.5, 0.6) is 0 Å². The normalized spacial score (nSPS) is 23.4. The molecule has 0 radical (unpaired) electrons. The van der Waals surface area contributed by atoms with Crippen molar-refractivity contribution in [2.24, 2.45) is 0 Å². The molecule has 6 heteroatoms. The molecule has 1 saturated heterocycles. The molecule has 0 bridgehead atoms. The van der Waals surface area contributed by atoms with E-state index in [1.165, 1.54) is 0 Å². The van der Waals surface area contributed by atoms with Crippen molar-refractivity contribution in [3.8, 4) is 0 Å². The van der Waals surface area contributed by atoms with Gasteiger partial charge in [-0.25, -0.2) is 0 Å². The van der Waals surface area contributed by atoms with Gasteiger partial charge in [-0.3, -0.25) is 4.79 Å². The first-order valence-electron chi connectivity index (χ1n) is 6.12. The highest BCUT2D eigenvalue weighted by molar-refractivity contribution is 6.33. The molecule has 1 aromatic rings. The summed E-state index contributed by atoms with van der Waals surface area (Å²) in [5.74, 6) is -0.186. The minimum Gasteiger partial charge on any atom is -0.397 e. The van der Waals surface area contributed by atoms with Crippen molar-refractivity contribution >= 4 is 23.2 Å². The third-order valence-corrected chi connectivity index (χ3v) is 3.43. The third kappa shape index (κ3) is 3.00. The summed E-state index contributed by atoms with van der Waals surface area (Å²) in [6.07, 6.45) is -0.469. The molecule has 104 valence electrons. The quantitative estimate of drug-likeness (QED) is 0.799. The number of morpholine rings is 1. The van der Waals surface area contributed by atoms with Gasteiger partial charge in [-0.15, -0.1) is 0 Å². The van der Waals surface area contributed by atoms with E-state index in [0.717, 1.165) is 0 Å². The number of nitrogens with two attached hydrogens (primary N) is 1. The van der Waals surface area contributed by atoms with Crippen LogP contribution in [-0.4, -0.2) is 47.8 Å². The number of hydrogen-bond acceptors (Lipinski definition) is 4. The van der Waals surface area contributed by atoms with Crippen LogP contribution >= 0.6 is 11.6 Å². The number of amides is 1. The van der Waals surface area contributed by atoms with Crippen LogP contribution < -0.4 is 5.73 Å². The topological polar surface area (TPSA) is 75.8 Å². The van der Waals surface area contributed by atoms with E-state index in [9.17, 15) is 4.79 Å². The summed E-state index contributed by atoms with van der Waals surface area (Å²) in [6, 6.07) is 4.99. The van der Waals surface area contributed by atoms with Gasteiger partial charge in [0.1, 0.15) is 0 Å². The summed E-state index contributed by atoms with van der Waals surface area (Å²) in [6.45, 7) is 2.58. The van der Waals surface area contributed by atoms with Gasteiger partial charge in [0.2, 0.25) is 0 Å². The number of ether oxygens (including phenoxy) is 1. The van der Waals surface area contributed by atoms with Crippen LogP contribution in [0.1, 0.15) is 17.3 Å². The van der Waals surface area contributed by atoms with E-state index in [0.29, 0.717) is 23.7 Å². The predicted octanol–water partition coefficient (Wildman–Crippen LogP) is 1.14. The molecule has 2 unspecified atom stereocenters. The van der Waals surface area contributed by atoms with E-state index in [1.807, 2.05) is 6.92 Å². The summed E-state index contributed by atoms with van der Waals surface area (Å²) in [5.41, 5.74) is 6.51. The van der Waals surface area contributed by atoms with Crippen LogP contribution in [0.25, 0.3) is 0 Å². The zero-order chi connectivity index (χ0) is 14.0. The predicted molar refractivity (Wildman–Crippen MR) is 73.2 cm³/mol. The lowest BCUT2D eigenvalue weighted by molar-refractivity contribution is -0.0858. The van der Waals surface area contributed by atoms with Gasteiger partial charge in [-0.1, -0.05) is 17.7 Å². The van der Waals surface area contributed by atoms with Gasteiger partial charge in [-0.05, 0) is 19.1 Å².